The number of fused-ring (bicyclic) bond motifs is 5. The van der Waals surface area contributed by atoms with Crippen LogP contribution in [0.25, 0.3) is 0 Å². The van der Waals surface area contributed by atoms with Crippen molar-refractivity contribution < 1.29 is 18.0 Å². The minimum atomic E-state index is -4.33. The smallest absolute Gasteiger partial charge is 0.347 e. The van der Waals surface area contributed by atoms with Gasteiger partial charge in [-0.05, 0) is 104 Å². The molecule has 0 aromatic carbocycles. The van der Waals surface area contributed by atoms with Crippen LogP contribution in [0.3, 0.4) is 0 Å². The molecule has 0 bridgehead atoms. The zero-order valence-electron chi connectivity index (χ0n) is 19.7. The summed E-state index contributed by atoms with van der Waals surface area (Å²) in [6.45, 7) is 6.15. The molecule has 178 valence electrons. The number of hydrogen-bond acceptors (Lipinski definition) is 1. The maximum absolute atomic E-state index is 12.3. The van der Waals surface area contributed by atoms with E-state index in [-0.39, 0.29) is 6.42 Å². The van der Waals surface area contributed by atoms with E-state index in [9.17, 15) is 18.0 Å². The lowest BCUT2D eigenvalue weighted by Gasteiger charge is -2.61. The fourth-order valence-corrected chi connectivity index (χ4v) is 9.12. The van der Waals surface area contributed by atoms with E-state index in [1.54, 1.807) is 0 Å². The summed E-state index contributed by atoms with van der Waals surface area (Å²) in [6, 6.07) is 0. The van der Waals surface area contributed by atoms with E-state index in [2.05, 4.69) is 20.8 Å². The average molecular weight is 442 g/mol. The van der Waals surface area contributed by atoms with Gasteiger partial charge in [0.25, 0.3) is 0 Å². The van der Waals surface area contributed by atoms with Gasteiger partial charge in [-0.25, -0.2) is 0 Å². The third-order valence-electron chi connectivity index (χ3n) is 10.7. The summed E-state index contributed by atoms with van der Waals surface area (Å²) in [5.74, 6) is 4.04. The number of carbonyl (C=O) groups excluding carboxylic acids is 1. The zero-order valence-corrected chi connectivity index (χ0v) is 19.7. The first kappa shape index (κ1) is 23.4. The Hall–Kier alpha value is -0.740. The Balaban J connectivity index is 1.38. The predicted molar refractivity (Wildman–Crippen MR) is 117 cm³/mol. The van der Waals surface area contributed by atoms with Gasteiger partial charge in [-0.2, -0.15) is 13.2 Å². The number of alkyl halides is 3. The second kappa shape index (κ2) is 8.56. The first-order valence-electron chi connectivity index (χ1n) is 12.9. The summed E-state index contributed by atoms with van der Waals surface area (Å²) in [5, 5.41) is 2.04. The van der Waals surface area contributed by atoms with E-state index < -0.39 is 18.6 Å². The molecule has 0 spiro atoms. The molecule has 2 nitrogen and oxygen atoms in total. The van der Waals surface area contributed by atoms with E-state index in [1.807, 2.05) is 5.32 Å². The van der Waals surface area contributed by atoms with E-state index >= 15 is 0 Å². The number of nitrogens with one attached hydrogen (secondary N) is 1. The van der Waals surface area contributed by atoms with Crippen molar-refractivity contribution in [1.82, 2.24) is 5.32 Å². The number of rotatable bonds is 5. The molecule has 0 aliphatic heterocycles. The average Bonchev–Trinajstić information content (AvgIpc) is 3.06. The van der Waals surface area contributed by atoms with Gasteiger partial charge in [-0.15, -0.1) is 0 Å². The molecule has 8 unspecified atom stereocenters. The minimum Gasteiger partial charge on any atom is -0.347 e. The summed E-state index contributed by atoms with van der Waals surface area (Å²) < 4.78 is 37.0. The molecular formula is C26H42F3NO. The predicted octanol–water partition coefficient (Wildman–Crippen LogP) is 7.13. The van der Waals surface area contributed by atoms with Crippen molar-refractivity contribution in [2.75, 3.05) is 6.54 Å². The van der Waals surface area contributed by atoms with Crippen molar-refractivity contribution in [3.05, 3.63) is 0 Å². The van der Waals surface area contributed by atoms with Gasteiger partial charge in [-0.3, -0.25) is 4.79 Å². The van der Waals surface area contributed by atoms with Crippen molar-refractivity contribution in [2.24, 2.45) is 46.3 Å². The number of halogens is 3. The highest BCUT2D eigenvalue weighted by molar-refractivity contribution is 5.75. The highest BCUT2D eigenvalue weighted by Gasteiger charge is 2.60. The maximum atomic E-state index is 12.3. The SMILES string of the molecule is CC(CCC(=O)NCC(F)(F)F)C1CCC2C3CCC4CCCCC4(C)C3CCC12C. The summed E-state index contributed by atoms with van der Waals surface area (Å²) in [7, 11) is 0. The first-order chi connectivity index (χ1) is 14.5. The molecule has 8 atom stereocenters. The minimum absolute atomic E-state index is 0.209. The number of amides is 1. The van der Waals surface area contributed by atoms with E-state index in [0.717, 1.165) is 23.7 Å². The molecule has 0 radical (unpaired) electrons. The molecule has 0 saturated heterocycles. The van der Waals surface area contributed by atoms with Crippen LogP contribution in [0.5, 0.6) is 0 Å². The van der Waals surface area contributed by atoms with Crippen LogP contribution >= 0.6 is 0 Å². The summed E-state index contributed by atoms with van der Waals surface area (Å²) >= 11 is 0. The summed E-state index contributed by atoms with van der Waals surface area (Å²) in [5.41, 5.74) is 0.906. The van der Waals surface area contributed by atoms with Crippen molar-refractivity contribution in [3.63, 3.8) is 0 Å². The van der Waals surface area contributed by atoms with Crippen molar-refractivity contribution in [3.8, 4) is 0 Å². The van der Waals surface area contributed by atoms with Crippen LogP contribution < -0.4 is 5.32 Å². The quantitative estimate of drug-likeness (QED) is 0.483. The molecule has 4 rings (SSSR count). The highest BCUT2D eigenvalue weighted by Crippen LogP contribution is 2.68. The van der Waals surface area contributed by atoms with Crippen LogP contribution in [-0.2, 0) is 4.79 Å². The normalized spacial score (nSPS) is 43.5. The van der Waals surface area contributed by atoms with Gasteiger partial charge in [0.1, 0.15) is 6.54 Å². The third kappa shape index (κ3) is 4.40. The molecule has 4 fully saturated rings. The van der Waals surface area contributed by atoms with Gasteiger partial charge in [0.05, 0.1) is 0 Å². The molecule has 5 heteroatoms. The zero-order chi connectivity index (χ0) is 22.4. The number of hydrogen-bond donors (Lipinski definition) is 1. The van der Waals surface area contributed by atoms with E-state index in [0.29, 0.717) is 29.1 Å². The highest BCUT2D eigenvalue weighted by atomic mass is 19.4. The molecule has 4 saturated carbocycles. The van der Waals surface area contributed by atoms with E-state index in [4.69, 9.17) is 0 Å². The lowest BCUT2D eigenvalue weighted by molar-refractivity contribution is -0.138. The van der Waals surface area contributed by atoms with Gasteiger partial charge in [0.2, 0.25) is 5.91 Å². The number of carbonyl (C=O) groups is 1. The lowest BCUT2D eigenvalue weighted by atomic mass is 9.44. The van der Waals surface area contributed by atoms with Crippen molar-refractivity contribution >= 4 is 5.91 Å². The van der Waals surface area contributed by atoms with Gasteiger partial charge < -0.3 is 5.32 Å². The van der Waals surface area contributed by atoms with Crippen LogP contribution in [0.15, 0.2) is 0 Å². The van der Waals surface area contributed by atoms with Crippen LogP contribution in [0.2, 0.25) is 0 Å². The van der Waals surface area contributed by atoms with E-state index in [1.165, 1.54) is 64.2 Å². The van der Waals surface area contributed by atoms with Gasteiger partial charge in [0, 0.05) is 6.42 Å². The standard InChI is InChI=1S/C26H42F3NO/c1-17(7-12-23(31)30-16-26(27,28)29)20-10-11-21-19-9-8-18-6-4-5-14-24(18,2)22(19)13-15-25(20,21)3/h17-22H,4-16H2,1-3H3,(H,30,31). The summed E-state index contributed by atoms with van der Waals surface area (Å²) in [6.07, 6.45) is 10.3. The fourth-order valence-electron chi connectivity index (χ4n) is 9.12. The van der Waals surface area contributed by atoms with Gasteiger partial charge in [-0.1, -0.05) is 33.6 Å². The molecule has 0 aromatic heterocycles. The van der Waals surface area contributed by atoms with Crippen molar-refractivity contribution in [1.29, 1.82) is 0 Å². The molecule has 4 aliphatic carbocycles. The molecule has 1 amide bonds. The molecule has 1 N–H and O–H groups in total. The Morgan fingerprint density at radius 3 is 2.45 bits per heavy atom. The topological polar surface area (TPSA) is 29.1 Å². The Morgan fingerprint density at radius 2 is 1.71 bits per heavy atom. The second-order valence-corrected chi connectivity index (χ2v) is 12.0. The van der Waals surface area contributed by atoms with Gasteiger partial charge in [0.15, 0.2) is 0 Å². The summed E-state index contributed by atoms with van der Waals surface area (Å²) in [4.78, 5) is 11.9. The molecule has 31 heavy (non-hydrogen) atoms. The van der Waals surface area contributed by atoms with Crippen LogP contribution in [0.4, 0.5) is 13.2 Å². The first-order valence-corrected chi connectivity index (χ1v) is 12.9. The maximum Gasteiger partial charge on any atom is 0.405 e. The van der Waals surface area contributed by atoms with Crippen LogP contribution in [-0.4, -0.2) is 18.6 Å². The lowest BCUT2D eigenvalue weighted by Crippen LogP contribution is -2.53. The Labute approximate surface area is 186 Å². The monoisotopic (exact) mass is 441 g/mol. The van der Waals surface area contributed by atoms with Crippen LogP contribution in [0, 0.1) is 46.3 Å². The molecule has 0 heterocycles. The molecule has 4 aliphatic rings. The Bertz CT molecular complexity index is 664. The van der Waals surface area contributed by atoms with Crippen molar-refractivity contribution in [2.45, 2.75) is 104 Å². The fraction of sp³-hybridized carbons (Fsp3) is 0.962. The Morgan fingerprint density at radius 1 is 0.968 bits per heavy atom. The largest absolute Gasteiger partial charge is 0.405 e. The van der Waals surface area contributed by atoms with Crippen LogP contribution in [0.1, 0.15) is 97.8 Å². The second-order valence-electron chi connectivity index (χ2n) is 12.0. The molecular weight excluding hydrogens is 399 g/mol. The third-order valence-corrected chi connectivity index (χ3v) is 10.7. The Kier molecular flexibility index (Phi) is 6.46. The molecule has 0 aromatic rings. The van der Waals surface area contributed by atoms with Gasteiger partial charge >= 0.3 is 6.18 Å².